The lowest BCUT2D eigenvalue weighted by Gasteiger charge is -2.37. The summed E-state index contributed by atoms with van der Waals surface area (Å²) in [6.07, 6.45) is 1.54. The summed E-state index contributed by atoms with van der Waals surface area (Å²) in [7, 11) is 4.18. The molecule has 1 atom stereocenters. The Balaban J connectivity index is 1.89. The van der Waals surface area contributed by atoms with E-state index in [4.69, 9.17) is 11.6 Å². The number of piperazine rings is 1. The van der Waals surface area contributed by atoms with E-state index in [0.717, 1.165) is 19.6 Å². The van der Waals surface area contributed by atoms with Gasteiger partial charge in [0.15, 0.2) is 0 Å². The van der Waals surface area contributed by atoms with Crippen molar-refractivity contribution in [3.05, 3.63) is 29.0 Å². The molecule has 1 amide bonds. The lowest BCUT2D eigenvalue weighted by Crippen LogP contribution is -2.54. The number of carbonyl (C=O) groups excluding carboxylic acids is 1. The van der Waals surface area contributed by atoms with Crippen LogP contribution in [0.3, 0.4) is 0 Å². The number of rotatable bonds is 3. The van der Waals surface area contributed by atoms with Crippen LogP contribution in [0, 0.1) is 0 Å². The van der Waals surface area contributed by atoms with Gasteiger partial charge in [0.2, 0.25) is 0 Å². The minimum absolute atomic E-state index is 0.177. The number of carbonyl (C=O) groups is 1. The summed E-state index contributed by atoms with van der Waals surface area (Å²) >= 11 is 5.85. The van der Waals surface area contributed by atoms with Gasteiger partial charge in [0, 0.05) is 43.4 Å². The Labute approximate surface area is 118 Å². The van der Waals surface area contributed by atoms with Crippen molar-refractivity contribution in [1.29, 1.82) is 0 Å². The molecule has 0 radical (unpaired) electrons. The highest BCUT2D eigenvalue weighted by molar-refractivity contribution is 6.30. The average molecular weight is 283 g/mol. The first-order chi connectivity index (χ1) is 9.06. The molecule has 0 spiro atoms. The van der Waals surface area contributed by atoms with Gasteiger partial charge in [-0.15, -0.1) is 0 Å². The molecule has 5 nitrogen and oxygen atoms in total. The Hall–Kier alpha value is -1.17. The lowest BCUT2D eigenvalue weighted by molar-refractivity contribution is 0.0877. The number of amides is 1. The molecule has 0 aliphatic carbocycles. The Bertz CT molecular complexity index is 454. The number of aromatic nitrogens is 1. The fraction of sp³-hybridized carbons (Fsp3) is 0.538. The molecule has 0 aromatic carbocycles. The minimum atomic E-state index is -0.177. The van der Waals surface area contributed by atoms with Crippen molar-refractivity contribution >= 4 is 17.5 Å². The monoisotopic (exact) mass is 282 g/mol. The lowest BCUT2D eigenvalue weighted by atomic mass is 10.2. The fourth-order valence-electron chi connectivity index (χ4n) is 2.15. The van der Waals surface area contributed by atoms with Crippen molar-refractivity contribution < 1.29 is 4.79 Å². The van der Waals surface area contributed by atoms with E-state index in [1.807, 2.05) is 0 Å². The maximum atomic E-state index is 12.0. The van der Waals surface area contributed by atoms with Gasteiger partial charge in [0.05, 0.1) is 0 Å². The molecule has 19 heavy (non-hydrogen) atoms. The SMILES string of the molecule is CN1CCN(C)C(CNC(=O)c2cc(Cl)ccn2)C1. The van der Waals surface area contributed by atoms with Gasteiger partial charge in [0.25, 0.3) is 5.91 Å². The fourth-order valence-corrected chi connectivity index (χ4v) is 2.31. The van der Waals surface area contributed by atoms with E-state index in [1.54, 1.807) is 12.1 Å². The van der Waals surface area contributed by atoms with Crippen molar-refractivity contribution in [3.63, 3.8) is 0 Å². The molecule has 0 bridgehead atoms. The summed E-state index contributed by atoms with van der Waals surface area (Å²) in [4.78, 5) is 20.5. The summed E-state index contributed by atoms with van der Waals surface area (Å²) in [5, 5.41) is 3.44. The van der Waals surface area contributed by atoms with E-state index in [2.05, 4.69) is 34.2 Å². The third-order valence-corrected chi connectivity index (χ3v) is 3.67. The van der Waals surface area contributed by atoms with Crippen LogP contribution in [-0.4, -0.2) is 67.0 Å². The first kappa shape index (κ1) is 14.2. The van der Waals surface area contributed by atoms with Gasteiger partial charge in [0.1, 0.15) is 5.69 Å². The van der Waals surface area contributed by atoms with Gasteiger partial charge in [-0.05, 0) is 26.2 Å². The summed E-state index contributed by atoms with van der Waals surface area (Å²) in [5.41, 5.74) is 0.360. The van der Waals surface area contributed by atoms with Crippen molar-refractivity contribution in [2.45, 2.75) is 6.04 Å². The largest absolute Gasteiger partial charge is 0.349 e. The second kappa shape index (κ2) is 6.32. The van der Waals surface area contributed by atoms with Crippen LogP contribution in [0.1, 0.15) is 10.5 Å². The van der Waals surface area contributed by atoms with Crippen LogP contribution >= 0.6 is 11.6 Å². The highest BCUT2D eigenvalue weighted by Crippen LogP contribution is 2.08. The Morgan fingerprint density at radius 3 is 3.05 bits per heavy atom. The van der Waals surface area contributed by atoms with E-state index in [1.165, 1.54) is 6.20 Å². The van der Waals surface area contributed by atoms with Crippen molar-refractivity contribution in [3.8, 4) is 0 Å². The second-order valence-electron chi connectivity index (χ2n) is 4.97. The van der Waals surface area contributed by atoms with E-state index in [0.29, 0.717) is 23.3 Å². The van der Waals surface area contributed by atoms with Crippen LogP contribution in [0.15, 0.2) is 18.3 Å². The van der Waals surface area contributed by atoms with E-state index >= 15 is 0 Å². The van der Waals surface area contributed by atoms with Gasteiger partial charge in [-0.3, -0.25) is 14.7 Å². The molecule has 1 saturated heterocycles. The van der Waals surface area contributed by atoms with Gasteiger partial charge in [-0.1, -0.05) is 11.6 Å². The molecule has 0 saturated carbocycles. The molecule has 1 aromatic heterocycles. The molecule has 2 heterocycles. The smallest absolute Gasteiger partial charge is 0.269 e. The van der Waals surface area contributed by atoms with E-state index in [9.17, 15) is 4.79 Å². The summed E-state index contributed by atoms with van der Waals surface area (Å²) in [5.74, 6) is -0.177. The molecule has 1 aliphatic rings. The molecular formula is C13H19ClN4O. The number of pyridine rings is 1. The highest BCUT2D eigenvalue weighted by Gasteiger charge is 2.22. The first-order valence-corrected chi connectivity index (χ1v) is 6.72. The van der Waals surface area contributed by atoms with Crippen LogP contribution in [-0.2, 0) is 0 Å². The van der Waals surface area contributed by atoms with Crippen LogP contribution in [0.4, 0.5) is 0 Å². The summed E-state index contributed by atoms with van der Waals surface area (Å²) < 4.78 is 0. The third-order valence-electron chi connectivity index (χ3n) is 3.43. The number of nitrogens with zero attached hydrogens (tertiary/aromatic N) is 3. The van der Waals surface area contributed by atoms with Crippen LogP contribution < -0.4 is 5.32 Å². The van der Waals surface area contributed by atoms with Crippen molar-refractivity contribution in [2.75, 3.05) is 40.3 Å². The first-order valence-electron chi connectivity index (χ1n) is 6.35. The molecule has 104 valence electrons. The van der Waals surface area contributed by atoms with Gasteiger partial charge in [-0.25, -0.2) is 0 Å². The molecule has 6 heteroatoms. The Morgan fingerprint density at radius 2 is 2.32 bits per heavy atom. The van der Waals surface area contributed by atoms with Crippen molar-refractivity contribution in [1.82, 2.24) is 20.1 Å². The number of halogens is 1. The van der Waals surface area contributed by atoms with Gasteiger partial charge < -0.3 is 10.2 Å². The number of hydrogen-bond donors (Lipinski definition) is 1. The maximum Gasteiger partial charge on any atom is 0.269 e. The zero-order valence-electron chi connectivity index (χ0n) is 11.3. The molecule has 1 aliphatic heterocycles. The minimum Gasteiger partial charge on any atom is -0.349 e. The topological polar surface area (TPSA) is 48.5 Å². The van der Waals surface area contributed by atoms with Gasteiger partial charge in [-0.2, -0.15) is 0 Å². The summed E-state index contributed by atoms with van der Waals surface area (Å²) in [6, 6.07) is 3.57. The highest BCUT2D eigenvalue weighted by atomic mass is 35.5. The molecular weight excluding hydrogens is 264 g/mol. The zero-order chi connectivity index (χ0) is 13.8. The average Bonchev–Trinajstić information content (AvgIpc) is 2.39. The molecule has 1 N–H and O–H groups in total. The third kappa shape index (κ3) is 3.89. The maximum absolute atomic E-state index is 12.0. The number of hydrogen-bond acceptors (Lipinski definition) is 4. The summed E-state index contributed by atoms with van der Waals surface area (Å²) in [6.45, 7) is 3.66. The van der Waals surface area contributed by atoms with E-state index in [-0.39, 0.29) is 5.91 Å². The zero-order valence-corrected chi connectivity index (χ0v) is 12.0. The van der Waals surface area contributed by atoms with Crippen molar-refractivity contribution in [2.24, 2.45) is 0 Å². The Kier molecular flexibility index (Phi) is 4.74. The van der Waals surface area contributed by atoms with Crippen LogP contribution in [0.5, 0.6) is 0 Å². The predicted octanol–water partition coefficient (Wildman–Crippen LogP) is 0.711. The quantitative estimate of drug-likeness (QED) is 0.887. The molecule has 1 unspecified atom stereocenters. The molecule has 1 aromatic rings. The van der Waals surface area contributed by atoms with Gasteiger partial charge >= 0.3 is 0 Å². The molecule has 2 rings (SSSR count). The Morgan fingerprint density at radius 1 is 1.53 bits per heavy atom. The van der Waals surface area contributed by atoms with E-state index < -0.39 is 0 Å². The number of likely N-dealkylation sites (N-methyl/N-ethyl adjacent to an activating group) is 2. The normalized spacial score (nSPS) is 21.3. The predicted molar refractivity (Wildman–Crippen MR) is 75.5 cm³/mol. The standard InChI is InChI=1S/C13H19ClN4O/c1-17-5-6-18(2)11(9-17)8-16-13(19)12-7-10(14)3-4-15-12/h3-4,7,11H,5-6,8-9H2,1-2H3,(H,16,19). The second-order valence-corrected chi connectivity index (χ2v) is 5.40. The van der Waals surface area contributed by atoms with Crippen LogP contribution in [0.25, 0.3) is 0 Å². The number of nitrogens with one attached hydrogen (secondary N) is 1. The van der Waals surface area contributed by atoms with Crippen LogP contribution in [0.2, 0.25) is 5.02 Å². The molecule has 1 fully saturated rings.